The number of phenols is 1. The van der Waals surface area contributed by atoms with Crippen molar-refractivity contribution in [3.05, 3.63) is 33.4 Å². The number of rotatable bonds is 7. The lowest BCUT2D eigenvalue weighted by Gasteiger charge is -2.33. The van der Waals surface area contributed by atoms with Crippen LogP contribution in [0, 0.1) is 0 Å². The van der Waals surface area contributed by atoms with E-state index in [1.807, 2.05) is 6.92 Å². The number of ether oxygens (including phenoxy) is 2. The third-order valence-corrected chi connectivity index (χ3v) is 5.71. The Bertz CT molecular complexity index is 768. The molecule has 0 aliphatic carbocycles. The Morgan fingerprint density at radius 2 is 2.15 bits per heavy atom. The van der Waals surface area contributed by atoms with Crippen molar-refractivity contribution in [2.24, 2.45) is 0 Å². The molecule has 9 heteroatoms. The first-order chi connectivity index (χ1) is 12.8. The maximum atomic E-state index is 12.8. The van der Waals surface area contributed by atoms with Crippen LogP contribution >= 0.6 is 27.7 Å². The highest BCUT2D eigenvalue weighted by atomic mass is 79.9. The van der Waals surface area contributed by atoms with Crippen LogP contribution in [0.25, 0.3) is 0 Å². The molecule has 0 spiro atoms. The van der Waals surface area contributed by atoms with E-state index in [0.29, 0.717) is 33.7 Å². The highest BCUT2D eigenvalue weighted by Crippen LogP contribution is 2.40. The molecular formula is C18H23BrN2O5S. The van der Waals surface area contributed by atoms with Gasteiger partial charge in [-0.05, 0) is 46.3 Å². The number of halogens is 1. The number of thioether (sulfide) groups is 1. The zero-order valence-electron chi connectivity index (χ0n) is 15.7. The molecule has 7 nitrogen and oxygen atoms in total. The van der Waals surface area contributed by atoms with E-state index >= 15 is 0 Å². The highest BCUT2D eigenvalue weighted by molar-refractivity contribution is 9.10. The van der Waals surface area contributed by atoms with Gasteiger partial charge in [0.1, 0.15) is 6.61 Å². The number of methoxy groups -OCH3 is 1. The predicted octanol–water partition coefficient (Wildman–Crippen LogP) is 3.43. The van der Waals surface area contributed by atoms with Crippen LogP contribution < -0.4 is 10.1 Å². The summed E-state index contributed by atoms with van der Waals surface area (Å²) in [7, 11) is 3.02. The average Bonchev–Trinajstić information content (AvgIpc) is 2.64. The van der Waals surface area contributed by atoms with Gasteiger partial charge in [0.25, 0.3) is 0 Å². The van der Waals surface area contributed by atoms with Crippen molar-refractivity contribution in [3.63, 3.8) is 0 Å². The maximum absolute atomic E-state index is 12.8. The number of benzene rings is 1. The minimum absolute atomic E-state index is 0.0538. The minimum atomic E-state index is -0.717. The minimum Gasteiger partial charge on any atom is -0.503 e. The van der Waals surface area contributed by atoms with Crippen molar-refractivity contribution in [3.8, 4) is 11.5 Å². The molecule has 2 N–H and O–H groups in total. The van der Waals surface area contributed by atoms with E-state index in [1.54, 1.807) is 37.9 Å². The molecule has 0 radical (unpaired) electrons. The number of allylic oxidation sites excluding steroid dienone is 1. The largest absolute Gasteiger partial charge is 0.503 e. The number of phenolic OH excluding ortho intramolecular Hbond substituents is 1. The number of hydrogen-bond acceptors (Lipinski definition) is 6. The monoisotopic (exact) mass is 458 g/mol. The van der Waals surface area contributed by atoms with Gasteiger partial charge in [-0.15, -0.1) is 0 Å². The molecule has 1 aromatic carbocycles. The smallest absolute Gasteiger partial charge is 0.338 e. The number of aromatic hydroxyl groups is 1. The molecule has 0 aromatic heterocycles. The second-order valence-electron chi connectivity index (χ2n) is 5.83. The molecule has 0 saturated heterocycles. The number of urea groups is 1. The molecule has 0 fully saturated rings. The lowest BCUT2D eigenvalue weighted by molar-refractivity contribution is -0.139. The van der Waals surface area contributed by atoms with Crippen LogP contribution in [0.4, 0.5) is 4.79 Å². The summed E-state index contributed by atoms with van der Waals surface area (Å²) in [6.45, 7) is 4.04. The molecule has 1 aliphatic rings. The van der Waals surface area contributed by atoms with Gasteiger partial charge in [-0.3, -0.25) is 0 Å². The second-order valence-corrected chi connectivity index (χ2v) is 8.08. The number of amides is 2. The van der Waals surface area contributed by atoms with Crippen molar-refractivity contribution in [2.75, 3.05) is 32.3 Å². The number of nitrogens with zero attached hydrogens (tertiary/aromatic N) is 1. The van der Waals surface area contributed by atoms with Crippen LogP contribution in [0.2, 0.25) is 0 Å². The van der Waals surface area contributed by atoms with Crippen molar-refractivity contribution in [2.45, 2.75) is 19.9 Å². The van der Waals surface area contributed by atoms with E-state index in [1.165, 1.54) is 12.0 Å². The van der Waals surface area contributed by atoms with Crippen LogP contribution in [0.1, 0.15) is 25.5 Å². The summed E-state index contributed by atoms with van der Waals surface area (Å²) in [5.74, 6) is 1.35. The molecule has 0 saturated carbocycles. The SMILES string of the molecule is CCSCCOC(=O)C1=C(C)N(C)C(=O)N[C@H]1c1cc(Br)c(O)c(OC)c1. The van der Waals surface area contributed by atoms with Crippen molar-refractivity contribution in [1.82, 2.24) is 10.2 Å². The molecule has 148 valence electrons. The Morgan fingerprint density at radius 1 is 1.44 bits per heavy atom. The van der Waals surface area contributed by atoms with Crippen molar-refractivity contribution < 1.29 is 24.2 Å². The van der Waals surface area contributed by atoms with E-state index in [2.05, 4.69) is 21.2 Å². The number of hydrogen-bond donors (Lipinski definition) is 2. The van der Waals surface area contributed by atoms with E-state index in [4.69, 9.17) is 9.47 Å². The summed E-state index contributed by atoms with van der Waals surface area (Å²) >= 11 is 4.95. The van der Waals surface area contributed by atoms with Crippen LogP contribution in [0.5, 0.6) is 11.5 Å². The first-order valence-corrected chi connectivity index (χ1v) is 10.3. The van der Waals surface area contributed by atoms with Crippen LogP contribution in [-0.2, 0) is 9.53 Å². The Balaban J connectivity index is 2.42. The molecule has 1 heterocycles. The first-order valence-electron chi connectivity index (χ1n) is 8.38. The number of esters is 1. The lowest BCUT2D eigenvalue weighted by atomic mass is 9.94. The molecule has 1 aliphatic heterocycles. The predicted molar refractivity (Wildman–Crippen MR) is 108 cm³/mol. The van der Waals surface area contributed by atoms with Crippen LogP contribution in [0.15, 0.2) is 27.9 Å². The normalized spacial score (nSPS) is 17.0. The van der Waals surface area contributed by atoms with Gasteiger partial charge in [0, 0.05) is 18.5 Å². The number of nitrogens with one attached hydrogen (secondary N) is 1. The van der Waals surface area contributed by atoms with E-state index in [0.717, 1.165) is 5.75 Å². The summed E-state index contributed by atoms with van der Waals surface area (Å²) in [6.07, 6.45) is 0. The van der Waals surface area contributed by atoms with Crippen LogP contribution in [0.3, 0.4) is 0 Å². The molecule has 0 bridgehead atoms. The molecular weight excluding hydrogens is 436 g/mol. The topological polar surface area (TPSA) is 88.1 Å². The van der Waals surface area contributed by atoms with Gasteiger partial charge in [-0.25, -0.2) is 9.59 Å². The zero-order valence-corrected chi connectivity index (χ0v) is 18.1. The third kappa shape index (κ3) is 4.70. The average molecular weight is 459 g/mol. The van der Waals surface area contributed by atoms with Gasteiger partial charge >= 0.3 is 12.0 Å². The Kier molecular flexibility index (Phi) is 7.43. The molecule has 2 rings (SSSR count). The standard InChI is InChI=1S/C18H23BrN2O5S/c1-5-27-7-6-26-17(23)14-10(2)21(3)18(24)20-15(14)11-8-12(19)16(22)13(9-11)25-4/h8-9,15,22H,5-7H2,1-4H3,(H,20,24)/t15-/m0/s1. The quantitative estimate of drug-likeness (QED) is 0.480. The molecule has 1 atom stereocenters. The summed E-state index contributed by atoms with van der Waals surface area (Å²) < 4.78 is 11.0. The van der Waals surface area contributed by atoms with E-state index in [9.17, 15) is 14.7 Å². The number of carbonyl (C=O) groups excluding carboxylic acids is 2. The molecule has 0 unspecified atom stereocenters. The molecule has 1 aromatic rings. The van der Waals surface area contributed by atoms with Gasteiger partial charge in [0.15, 0.2) is 11.5 Å². The molecule has 27 heavy (non-hydrogen) atoms. The summed E-state index contributed by atoms with van der Waals surface area (Å²) in [4.78, 5) is 26.4. The second kappa shape index (κ2) is 9.36. The zero-order chi connectivity index (χ0) is 20.1. The fourth-order valence-electron chi connectivity index (χ4n) is 2.68. The highest BCUT2D eigenvalue weighted by Gasteiger charge is 2.35. The van der Waals surface area contributed by atoms with Crippen molar-refractivity contribution >= 4 is 39.7 Å². The van der Waals surface area contributed by atoms with Gasteiger partial charge in [-0.1, -0.05) is 6.92 Å². The van der Waals surface area contributed by atoms with Crippen LogP contribution in [-0.4, -0.2) is 54.3 Å². The Labute approximate surface area is 171 Å². The summed E-state index contributed by atoms with van der Waals surface area (Å²) in [6, 6.07) is 2.18. The fourth-order valence-corrected chi connectivity index (χ4v) is 3.63. The fraction of sp³-hybridized carbons (Fsp3) is 0.444. The Morgan fingerprint density at radius 3 is 2.78 bits per heavy atom. The van der Waals surface area contributed by atoms with Gasteiger partial charge in [0.2, 0.25) is 0 Å². The summed E-state index contributed by atoms with van der Waals surface area (Å²) in [5, 5.41) is 12.8. The maximum Gasteiger partial charge on any atom is 0.338 e. The number of carbonyl (C=O) groups is 2. The summed E-state index contributed by atoms with van der Waals surface area (Å²) in [5.41, 5.74) is 1.45. The Hall–Kier alpha value is -1.87. The van der Waals surface area contributed by atoms with E-state index < -0.39 is 12.0 Å². The van der Waals surface area contributed by atoms with Gasteiger partial charge in [-0.2, -0.15) is 11.8 Å². The first kappa shape index (κ1) is 21.4. The van der Waals surface area contributed by atoms with Gasteiger partial charge < -0.3 is 24.8 Å². The van der Waals surface area contributed by atoms with Gasteiger partial charge in [0.05, 0.1) is 23.2 Å². The van der Waals surface area contributed by atoms with Crippen molar-refractivity contribution in [1.29, 1.82) is 0 Å². The lowest BCUT2D eigenvalue weighted by Crippen LogP contribution is -2.46. The third-order valence-electron chi connectivity index (χ3n) is 4.24. The van der Waals surface area contributed by atoms with E-state index in [-0.39, 0.29) is 17.5 Å². The molecule has 2 amide bonds.